The SMILES string of the molecule is CN[C@@H](C)C(=O)N[C@@H](CCCC[C@H](NC(=O)[C@H](C)NC)C(=O)N1CC[C@@H]2[C@H]1[C@@H](OC(=O)Nc1ccccc1)CN2S(C)(=O)=O)C(=O)N1CC[C@@H]2[C@H]1[C@@H](OC(=O)Nc1ccccc1)CN2S(C)(=O)=O. The van der Waals surface area contributed by atoms with Gasteiger partial charge in [0.05, 0.1) is 61.9 Å². The number of unbranched alkanes of at least 4 members (excludes halogenated alkanes) is 1. The number of nitrogens with zero attached hydrogens (tertiary/aromatic N) is 4. The maximum absolute atomic E-state index is 14.6. The summed E-state index contributed by atoms with van der Waals surface area (Å²) in [5, 5.41) is 16.7. The molecular weight excluding hydrogens is 925 g/mol. The van der Waals surface area contributed by atoms with Crippen molar-refractivity contribution in [3.8, 4) is 0 Å². The van der Waals surface area contributed by atoms with Gasteiger partial charge in [0.2, 0.25) is 43.7 Å². The summed E-state index contributed by atoms with van der Waals surface area (Å²) in [6.45, 7) is 3.12. The van der Waals surface area contributed by atoms with Gasteiger partial charge in [-0.1, -0.05) is 49.2 Å². The van der Waals surface area contributed by atoms with E-state index in [2.05, 4.69) is 31.9 Å². The average Bonchev–Trinajstić information content (AvgIpc) is 4.09. The Morgan fingerprint density at radius 1 is 0.603 bits per heavy atom. The van der Waals surface area contributed by atoms with Gasteiger partial charge in [-0.25, -0.2) is 26.4 Å². The number of likely N-dealkylation sites (N-methyl/N-ethyl adjacent to an activating group) is 2. The molecule has 6 rings (SSSR count). The Morgan fingerprint density at radius 3 is 1.28 bits per heavy atom. The minimum atomic E-state index is -3.79. The quantitative estimate of drug-likeness (QED) is 0.104. The second-order valence-electron chi connectivity index (χ2n) is 17.7. The highest BCUT2D eigenvalue weighted by Gasteiger charge is 2.57. The van der Waals surface area contributed by atoms with Crippen LogP contribution in [-0.2, 0) is 48.7 Å². The third-order valence-electron chi connectivity index (χ3n) is 13.2. The molecule has 4 fully saturated rings. The molecule has 0 bridgehead atoms. The average molecular weight is 989 g/mol. The normalized spacial score (nSPS) is 24.5. The minimum absolute atomic E-state index is 0.0800. The van der Waals surface area contributed by atoms with Crippen LogP contribution in [-0.4, -0.2) is 184 Å². The Kier molecular flexibility index (Phi) is 17.1. The van der Waals surface area contributed by atoms with Crippen molar-refractivity contribution < 1.29 is 55.1 Å². The van der Waals surface area contributed by atoms with Gasteiger partial charge in [-0.2, -0.15) is 8.61 Å². The maximum atomic E-state index is 14.6. The number of nitrogens with one attached hydrogen (secondary N) is 6. The molecule has 10 atom stereocenters. The van der Waals surface area contributed by atoms with Gasteiger partial charge in [0.25, 0.3) is 0 Å². The first-order valence-corrected chi connectivity index (χ1v) is 26.5. The van der Waals surface area contributed by atoms with Crippen molar-refractivity contribution in [3.05, 3.63) is 60.7 Å². The van der Waals surface area contributed by atoms with Crippen LogP contribution in [0.2, 0.25) is 0 Å². The van der Waals surface area contributed by atoms with Crippen LogP contribution in [0.1, 0.15) is 52.4 Å². The predicted octanol–water partition coefficient (Wildman–Crippen LogP) is 0.456. The van der Waals surface area contributed by atoms with Crippen molar-refractivity contribution in [1.82, 2.24) is 39.7 Å². The number of hydrogen-bond donors (Lipinski definition) is 6. The number of carbonyl (C=O) groups excluding carboxylic acids is 6. The van der Waals surface area contributed by atoms with Gasteiger partial charge in [-0.05, 0) is 77.9 Å². The predicted molar refractivity (Wildman–Crippen MR) is 251 cm³/mol. The number of fused-ring (bicyclic) bond motifs is 2. The van der Waals surface area contributed by atoms with E-state index in [4.69, 9.17) is 9.47 Å². The summed E-state index contributed by atoms with van der Waals surface area (Å²) in [4.78, 5) is 85.2. The molecule has 0 unspecified atom stereocenters. The number of hydrogen-bond acceptors (Lipinski definition) is 14. The Hall–Kier alpha value is -5.40. The van der Waals surface area contributed by atoms with E-state index in [1.165, 1.54) is 18.4 Å². The lowest BCUT2D eigenvalue weighted by atomic mass is 10.0. The van der Waals surface area contributed by atoms with Crippen LogP contribution in [0.25, 0.3) is 0 Å². The highest BCUT2D eigenvalue weighted by molar-refractivity contribution is 7.88. The van der Waals surface area contributed by atoms with Crippen molar-refractivity contribution in [1.29, 1.82) is 0 Å². The Labute approximate surface area is 397 Å². The highest BCUT2D eigenvalue weighted by atomic mass is 32.2. The number of rotatable bonds is 19. The van der Waals surface area contributed by atoms with E-state index in [-0.39, 0.29) is 64.7 Å². The first-order valence-electron chi connectivity index (χ1n) is 22.8. The van der Waals surface area contributed by atoms with Gasteiger partial charge in [-0.15, -0.1) is 0 Å². The van der Waals surface area contributed by atoms with E-state index in [9.17, 15) is 45.6 Å². The van der Waals surface area contributed by atoms with Gasteiger partial charge in [0.15, 0.2) is 0 Å². The van der Waals surface area contributed by atoms with E-state index in [1.807, 2.05) is 0 Å². The molecule has 0 spiro atoms. The molecule has 2 aromatic carbocycles. The highest BCUT2D eigenvalue weighted by Crippen LogP contribution is 2.37. The number of anilines is 2. The van der Waals surface area contributed by atoms with Crippen molar-refractivity contribution in [2.75, 3.05) is 63.4 Å². The minimum Gasteiger partial charge on any atom is -0.442 e. The Balaban J connectivity index is 1.18. The molecule has 374 valence electrons. The molecule has 24 heteroatoms. The Bertz CT molecular complexity index is 2200. The third-order valence-corrected chi connectivity index (χ3v) is 15.7. The van der Waals surface area contributed by atoms with E-state index in [1.54, 1.807) is 88.6 Å². The van der Waals surface area contributed by atoms with Gasteiger partial charge >= 0.3 is 12.2 Å². The maximum Gasteiger partial charge on any atom is 0.412 e. The number of likely N-dealkylation sites (tertiary alicyclic amines) is 2. The second-order valence-corrected chi connectivity index (χ2v) is 21.6. The van der Waals surface area contributed by atoms with Crippen LogP contribution in [0.3, 0.4) is 0 Å². The molecule has 22 nitrogen and oxygen atoms in total. The molecule has 6 amide bonds. The molecule has 0 aliphatic carbocycles. The van der Waals surface area contributed by atoms with Crippen LogP contribution >= 0.6 is 0 Å². The zero-order valence-electron chi connectivity index (χ0n) is 39.1. The molecule has 4 heterocycles. The molecule has 0 saturated carbocycles. The number of amides is 6. The van der Waals surface area contributed by atoms with Gasteiger partial charge in [0, 0.05) is 24.5 Å². The van der Waals surface area contributed by atoms with Gasteiger partial charge in [-0.3, -0.25) is 29.8 Å². The summed E-state index contributed by atoms with van der Waals surface area (Å²) in [7, 11) is -4.40. The third kappa shape index (κ3) is 12.4. The molecule has 2 aromatic rings. The molecular formula is C44H64N10O12S2. The van der Waals surface area contributed by atoms with Gasteiger partial charge in [0.1, 0.15) is 24.3 Å². The van der Waals surface area contributed by atoms with Crippen LogP contribution in [0.4, 0.5) is 21.0 Å². The second kappa shape index (κ2) is 22.4. The van der Waals surface area contributed by atoms with Crippen LogP contribution in [0, 0.1) is 0 Å². The molecule has 68 heavy (non-hydrogen) atoms. The number of benzene rings is 2. The summed E-state index contributed by atoms with van der Waals surface area (Å²) < 4.78 is 66.0. The lowest BCUT2D eigenvalue weighted by molar-refractivity contribution is -0.139. The summed E-state index contributed by atoms with van der Waals surface area (Å²) in [6, 6.07) is 10.4. The molecule has 4 aliphatic heterocycles. The van der Waals surface area contributed by atoms with Gasteiger partial charge < -0.3 is 40.5 Å². The van der Waals surface area contributed by atoms with E-state index in [0.717, 1.165) is 12.5 Å². The number of sulfonamides is 2. The Morgan fingerprint density at radius 2 is 0.956 bits per heavy atom. The first kappa shape index (κ1) is 52.0. The molecule has 0 aromatic heterocycles. The monoisotopic (exact) mass is 988 g/mol. The van der Waals surface area contributed by atoms with E-state index >= 15 is 0 Å². The van der Waals surface area contributed by atoms with E-state index < -0.39 is 116 Å². The summed E-state index contributed by atoms with van der Waals surface area (Å²) in [5.74, 6) is -1.96. The standard InChI is InChI=1S/C44H64N10O12S2/c1-27(45-3)39(55)49-31(41(57)51-23-21-33-37(51)35(25-53(33)67(5,61)62)65-43(59)47-29-15-9-7-10-16-29)19-13-14-20-32(50-40(56)28(2)46-4)42(58)52-24-22-34-38(52)36(26-54(34)68(6,63)64)66-44(60)48-30-17-11-8-12-18-30/h7-12,15-18,27-28,31-38,45-46H,13-14,19-26H2,1-6H3,(H,47,59)(H,48,60)(H,49,55)(H,50,56)/t27-,28-,31-,32-,33+,34+,35-,36-,37-,38-/m0/s1. The topological polar surface area (TPSA) is 274 Å². The zero-order chi connectivity index (χ0) is 49.5. The lowest BCUT2D eigenvalue weighted by Gasteiger charge is -2.32. The fourth-order valence-corrected chi connectivity index (χ4v) is 11.8. The summed E-state index contributed by atoms with van der Waals surface area (Å²) in [5.41, 5.74) is 0.910. The molecule has 4 saturated heterocycles. The summed E-state index contributed by atoms with van der Waals surface area (Å²) in [6.07, 6.45) is -0.408. The zero-order valence-corrected chi connectivity index (χ0v) is 40.8. The largest absolute Gasteiger partial charge is 0.442 e. The molecule has 0 radical (unpaired) electrons. The lowest BCUT2D eigenvalue weighted by Crippen LogP contribution is -2.56. The number of carbonyl (C=O) groups is 6. The summed E-state index contributed by atoms with van der Waals surface area (Å²) >= 11 is 0. The van der Waals surface area contributed by atoms with E-state index in [0.29, 0.717) is 11.4 Å². The van der Waals surface area contributed by atoms with Crippen LogP contribution < -0.4 is 31.9 Å². The first-order chi connectivity index (χ1) is 32.2. The smallest absolute Gasteiger partial charge is 0.412 e. The number of para-hydroxylation sites is 2. The van der Waals surface area contributed by atoms with Crippen LogP contribution in [0.5, 0.6) is 0 Å². The van der Waals surface area contributed by atoms with Crippen molar-refractivity contribution in [2.45, 2.75) is 113 Å². The van der Waals surface area contributed by atoms with Crippen LogP contribution in [0.15, 0.2) is 60.7 Å². The van der Waals surface area contributed by atoms with Crippen molar-refractivity contribution in [3.63, 3.8) is 0 Å². The number of ether oxygens (including phenoxy) is 2. The molecule has 6 N–H and O–H groups in total. The fourth-order valence-electron chi connectivity index (χ4n) is 9.54. The van der Waals surface area contributed by atoms with Crippen molar-refractivity contribution in [2.24, 2.45) is 0 Å². The van der Waals surface area contributed by atoms with Crippen molar-refractivity contribution >= 4 is 67.2 Å². The fraction of sp³-hybridized carbons (Fsp3) is 0.591. The molecule has 4 aliphatic rings.